The smallest absolute Gasteiger partial charge is 0.230 e. The minimum absolute atomic E-state index is 0. The highest BCUT2D eigenvalue weighted by Crippen LogP contribution is 2.30. The molecule has 0 saturated carbocycles. The summed E-state index contributed by atoms with van der Waals surface area (Å²) in [5.41, 5.74) is 4.15. The van der Waals surface area contributed by atoms with Crippen LogP contribution in [0, 0.1) is 0 Å². The van der Waals surface area contributed by atoms with Gasteiger partial charge in [0.15, 0.2) is 4.34 Å². The number of nitrogens with zero attached hydrogens (tertiary/aromatic N) is 3. The molecule has 0 unspecified atom stereocenters. The van der Waals surface area contributed by atoms with Crippen LogP contribution in [0.2, 0.25) is 10.0 Å². The minimum Gasteiger partial charge on any atom is -0.379 e. The molecule has 0 radical (unpaired) electrons. The Balaban J connectivity index is 0.00000353. The molecular weight excluding hydrogens is 613 g/mol. The minimum atomic E-state index is 0. The molecule has 1 saturated heterocycles. The molecule has 1 amide bonds. The van der Waals surface area contributed by atoms with Crippen molar-refractivity contribution >= 4 is 81.6 Å². The second-order valence-corrected chi connectivity index (χ2v) is 12.9. The number of halogens is 3. The van der Waals surface area contributed by atoms with E-state index in [-0.39, 0.29) is 24.4 Å². The molecule has 0 bridgehead atoms. The van der Waals surface area contributed by atoms with E-state index in [9.17, 15) is 4.79 Å². The van der Waals surface area contributed by atoms with Gasteiger partial charge in [0.2, 0.25) is 5.91 Å². The fourth-order valence-electron chi connectivity index (χ4n) is 4.29. The third kappa shape index (κ3) is 8.82. The monoisotopic (exact) mass is 639 g/mol. The number of carbonyl (C=O) groups is 1. The molecule has 3 heterocycles. The second-order valence-electron chi connectivity index (χ2n) is 9.01. The number of carbonyl (C=O) groups excluding carboxylic acids is 1. The first-order valence-electron chi connectivity index (χ1n) is 12.3. The van der Waals surface area contributed by atoms with E-state index in [2.05, 4.69) is 32.7 Å². The van der Waals surface area contributed by atoms with Crippen molar-refractivity contribution in [3.05, 3.63) is 80.0 Å². The zero-order chi connectivity index (χ0) is 26.3. The van der Waals surface area contributed by atoms with Crippen LogP contribution in [0.1, 0.15) is 23.4 Å². The van der Waals surface area contributed by atoms with Crippen molar-refractivity contribution in [1.29, 1.82) is 0 Å². The highest BCUT2D eigenvalue weighted by Gasteiger charge is 2.21. The molecule has 0 aliphatic carbocycles. The van der Waals surface area contributed by atoms with E-state index in [4.69, 9.17) is 28.2 Å². The maximum Gasteiger partial charge on any atom is 0.230 e. The number of piperidine rings is 1. The van der Waals surface area contributed by atoms with Crippen molar-refractivity contribution in [2.45, 2.75) is 36.3 Å². The first kappa shape index (κ1) is 30.1. The predicted molar refractivity (Wildman–Crippen MR) is 168 cm³/mol. The van der Waals surface area contributed by atoms with Gasteiger partial charge in [0.25, 0.3) is 0 Å². The molecule has 5 rings (SSSR count). The van der Waals surface area contributed by atoms with E-state index in [0.29, 0.717) is 22.3 Å². The summed E-state index contributed by atoms with van der Waals surface area (Å²) in [6, 6.07) is 14.2. The van der Waals surface area contributed by atoms with Gasteiger partial charge in [-0.25, -0.2) is 9.97 Å². The highest BCUT2D eigenvalue weighted by atomic mass is 35.5. The summed E-state index contributed by atoms with van der Waals surface area (Å²) in [5.74, 6) is 0.425. The lowest BCUT2D eigenvalue weighted by molar-refractivity contribution is -0.119. The maximum absolute atomic E-state index is 12.6. The van der Waals surface area contributed by atoms with Crippen molar-refractivity contribution < 1.29 is 4.79 Å². The van der Waals surface area contributed by atoms with Gasteiger partial charge in [-0.2, -0.15) is 0 Å². The van der Waals surface area contributed by atoms with Crippen LogP contribution in [0.5, 0.6) is 0 Å². The predicted octanol–water partition coefficient (Wildman–Crippen LogP) is 7.48. The van der Waals surface area contributed by atoms with Crippen LogP contribution < -0.4 is 10.6 Å². The van der Waals surface area contributed by atoms with Crippen LogP contribution in [-0.2, 0) is 17.9 Å². The largest absolute Gasteiger partial charge is 0.379 e. The molecule has 2 aromatic heterocycles. The lowest BCUT2D eigenvalue weighted by atomic mass is 10.0. The lowest BCUT2D eigenvalue weighted by Crippen LogP contribution is -2.44. The third-order valence-electron chi connectivity index (χ3n) is 6.24. The standard InChI is InChI=1S/C27H27Cl2N5OS3.ClH/c28-22-5-4-18(12-23(22)29)15-34-9-6-20(7-10-34)32-25(35)17-38-27-33-24(16-37-27)19-2-1-3-21(13-19)31-14-26-30-8-11-36-26;/h1-5,8,11-13,16,20,31H,6-7,9-10,14-15,17H2,(H,32,35);1H. The van der Waals surface area contributed by atoms with Crippen LogP contribution in [0.25, 0.3) is 11.3 Å². The molecule has 1 aliphatic rings. The normalized spacial score (nSPS) is 14.1. The number of rotatable bonds is 10. The van der Waals surface area contributed by atoms with Crippen LogP contribution >= 0.6 is 70.0 Å². The van der Waals surface area contributed by atoms with Crippen molar-refractivity contribution in [1.82, 2.24) is 20.2 Å². The Kier molecular flexibility index (Phi) is 11.3. The number of hydrogen-bond donors (Lipinski definition) is 2. The summed E-state index contributed by atoms with van der Waals surface area (Å²) in [6.07, 6.45) is 3.69. The van der Waals surface area contributed by atoms with E-state index in [0.717, 1.165) is 64.3 Å². The molecule has 0 atom stereocenters. The maximum atomic E-state index is 12.6. The van der Waals surface area contributed by atoms with Gasteiger partial charge in [0, 0.05) is 53.9 Å². The van der Waals surface area contributed by atoms with E-state index >= 15 is 0 Å². The van der Waals surface area contributed by atoms with E-state index in [1.165, 1.54) is 11.8 Å². The van der Waals surface area contributed by atoms with Crippen LogP contribution in [0.4, 0.5) is 5.69 Å². The third-order valence-corrected chi connectivity index (χ3v) is 9.78. The number of amides is 1. The molecule has 1 fully saturated rings. The number of anilines is 1. The van der Waals surface area contributed by atoms with Crippen LogP contribution in [0.3, 0.4) is 0 Å². The Morgan fingerprint density at radius 1 is 1.10 bits per heavy atom. The molecule has 2 N–H and O–H groups in total. The van der Waals surface area contributed by atoms with Gasteiger partial charge in [-0.15, -0.1) is 35.1 Å². The quantitative estimate of drug-likeness (QED) is 0.175. The topological polar surface area (TPSA) is 70.1 Å². The van der Waals surface area contributed by atoms with Crippen molar-refractivity contribution in [3.8, 4) is 11.3 Å². The van der Waals surface area contributed by atoms with Crippen molar-refractivity contribution in [2.24, 2.45) is 0 Å². The molecular formula is C27H28Cl3N5OS3. The van der Waals surface area contributed by atoms with E-state index in [1.54, 1.807) is 22.7 Å². The average Bonchev–Trinajstić information content (AvgIpc) is 3.62. The van der Waals surface area contributed by atoms with Gasteiger partial charge >= 0.3 is 0 Å². The zero-order valence-electron chi connectivity index (χ0n) is 20.9. The molecule has 4 aromatic rings. The first-order valence-corrected chi connectivity index (χ1v) is 15.8. The summed E-state index contributed by atoms with van der Waals surface area (Å²) in [4.78, 5) is 24.1. The number of aromatic nitrogens is 2. The van der Waals surface area contributed by atoms with E-state index in [1.807, 2.05) is 47.3 Å². The molecule has 39 heavy (non-hydrogen) atoms. The summed E-state index contributed by atoms with van der Waals surface area (Å²) >= 11 is 16.9. The van der Waals surface area contributed by atoms with Gasteiger partial charge in [-0.05, 0) is 42.7 Å². The van der Waals surface area contributed by atoms with E-state index < -0.39 is 0 Å². The van der Waals surface area contributed by atoms with Crippen molar-refractivity contribution in [3.63, 3.8) is 0 Å². The van der Waals surface area contributed by atoms with Gasteiger partial charge in [0.1, 0.15) is 5.01 Å². The fraction of sp³-hybridized carbons (Fsp3) is 0.296. The molecule has 6 nitrogen and oxygen atoms in total. The first-order chi connectivity index (χ1) is 18.5. The fourth-order valence-corrected chi connectivity index (χ4v) is 6.81. The molecule has 0 spiro atoms. The van der Waals surface area contributed by atoms with Crippen molar-refractivity contribution in [2.75, 3.05) is 24.2 Å². The Labute approximate surface area is 257 Å². The Hall–Kier alpha value is -1.85. The van der Waals surface area contributed by atoms with Gasteiger partial charge < -0.3 is 10.6 Å². The number of thioether (sulfide) groups is 1. The van der Waals surface area contributed by atoms with Crippen LogP contribution in [0.15, 0.2) is 63.8 Å². The Bertz CT molecular complexity index is 1360. The number of hydrogen-bond acceptors (Lipinski definition) is 8. The average molecular weight is 641 g/mol. The molecule has 206 valence electrons. The van der Waals surface area contributed by atoms with Gasteiger partial charge in [-0.3, -0.25) is 9.69 Å². The molecule has 12 heteroatoms. The second kappa shape index (κ2) is 14.7. The van der Waals surface area contributed by atoms with Crippen LogP contribution in [-0.4, -0.2) is 45.7 Å². The lowest BCUT2D eigenvalue weighted by Gasteiger charge is -2.32. The summed E-state index contributed by atoms with van der Waals surface area (Å²) < 4.78 is 0.896. The number of benzene rings is 2. The number of thiazole rings is 2. The Morgan fingerprint density at radius 3 is 2.72 bits per heavy atom. The van der Waals surface area contributed by atoms with Gasteiger partial charge in [-0.1, -0.05) is 53.2 Å². The number of nitrogens with one attached hydrogen (secondary N) is 2. The highest BCUT2D eigenvalue weighted by molar-refractivity contribution is 8.01. The molecule has 1 aliphatic heterocycles. The Morgan fingerprint density at radius 2 is 1.95 bits per heavy atom. The summed E-state index contributed by atoms with van der Waals surface area (Å²) in [7, 11) is 0. The summed E-state index contributed by atoms with van der Waals surface area (Å²) in [5, 5.41) is 12.9. The summed E-state index contributed by atoms with van der Waals surface area (Å²) in [6.45, 7) is 3.41. The molecule has 2 aromatic carbocycles. The van der Waals surface area contributed by atoms with Gasteiger partial charge in [0.05, 0.1) is 28.0 Å². The zero-order valence-corrected chi connectivity index (χ0v) is 25.7. The number of likely N-dealkylation sites (tertiary alicyclic amines) is 1. The SMILES string of the molecule is Cl.O=C(CSc1nc(-c2cccc(NCc3nccs3)c2)cs1)NC1CCN(Cc2ccc(Cl)c(Cl)c2)CC1.